The Hall–Kier alpha value is -0.300. The molecule has 2 aliphatic rings. The summed E-state index contributed by atoms with van der Waals surface area (Å²) in [6, 6.07) is 0. The van der Waals surface area contributed by atoms with Gasteiger partial charge in [0.05, 0.1) is 0 Å². The van der Waals surface area contributed by atoms with Gasteiger partial charge in [0.2, 0.25) is 0 Å². The summed E-state index contributed by atoms with van der Waals surface area (Å²) in [5, 5.41) is 6.63. The first-order valence-electron chi connectivity index (χ1n) is 6.25. The summed E-state index contributed by atoms with van der Waals surface area (Å²) in [5.74, 6) is 0.981. The fourth-order valence-corrected chi connectivity index (χ4v) is 2.00. The molecule has 0 spiro atoms. The lowest BCUT2D eigenvalue weighted by atomic mass is 10.1. The standard InChI is InChI=1S/C12H22N4.HI/c1-11-3-8-16(9-4-11)10-7-15-12-13-5-2-6-14-12;/h3H,2,4-10H2,1H3,(H2,13,14,15);1H. The Morgan fingerprint density at radius 1 is 1.53 bits per heavy atom. The Bertz CT molecular complexity index is 288. The van der Waals surface area contributed by atoms with E-state index in [2.05, 4.69) is 33.5 Å². The third-order valence-electron chi connectivity index (χ3n) is 3.14. The van der Waals surface area contributed by atoms with Crippen LogP contribution < -0.4 is 10.6 Å². The number of halogens is 1. The van der Waals surface area contributed by atoms with E-state index in [1.165, 1.54) is 18.5 Å². The molecular formula is C12H23IN4. The summed E-state index contributed by atoms with van der Waals surface area (Å²) in [6.45, 7) is 8.62. The number of guanidine groups is 1. The van der Waals surface area contributed by atoms with Gasteiger partial charge in [-0.15, -0.1) is 24.0 Å². The molecule has 4 nitrogen and oxygen atoms in total. The van der Waals surface area contributed by atoms with Crippen molar-refractivity contribution in [2.45, 2.75) is 19.8 Å². The van der Waals surface area contributed by atoms with E-state index in [4.69, 9.17) is 0 Å². The molecule has 0 aromatic carbocycles. The number of rotatable bonds is 3. The summed E-state index contributed by atoms with van der Waals surface area (Å²) in [4.78, 5) is 6.86. The highest BCUT2D eigenvalue weighted by Gasteiger charge is 2.09. The van der Waals surface area contributed by atoms with Crippen LogP contribution in [-0.2, 0) is 0 Å². The predicted octanol–water partition coefficient (Wildman–Crippen LogP) is 1.20. The SMILES string of the molecule is CC1=CCN(CCNC2=NCCCN2)CC1.I. The minimum Gasteiger partial charge on any atom is -0.356 e. The van der Waals surface area contributed by atoms with Gasteiger partial charge in [-0.2, -0.15) is 0 Å². The third kappa shape index (κ3) is 5.25. The van der Waals surface area contributed by atoms with Crippen LogP contribution in [0, 0.1) is 0 Å². The van der Waals surface area contributed by atoms with Crippen molar-refractivity contribution in [1.82, 2.24) is 15.5 Å². The molecular weight excluding hydrogens is 327 g/mol. The van der Waals surface area contributed by atoms with E-state index in [0.29, 0.717) is 0 Å². The van der Waals surface area contributed by atoms with Crippen LogP contribution in [0.4, 0.5) is 0 Å². The van der Waals surface area contributed by atoms with Crippen LogP contribution in [0.2, 0.25) is 0 Å². The van der Waals surface area contributed by atoms with Crippen molar-refractivity contribution in [3.8, 4) is 0 Å². The summed E-state index contributed by atoms with van der Waals surface area (Å²) in [5.41, 5.74) is 1.53. The fourth-order valence-electron chi connectivity index (χ4n) is 2.00. The minimum absolute atomic E-state index is 0. The maximum Gasteiger partial charge on any atom is 0.191 e. The van der Waals surface area contributed by atoms with E-state index >= 15 is 0 Å². The van der Waals surface area contributed by atoms with E-state index in [9.17, 15) is 0 Å². The van der Waals surface area contributed by atoms with Gasteiger partial charge >= 0.3 is 0 Å². The van der Waals surface area contributed by atoms with Gasteiger partial charge in [0.25, 0.3) is 0 Å². The van der Waals surface area contributed by atoms with Gasteiger partial charge in [0, 0.05) is 39.3 Å². The molecule has 0 aromatic heterocycles. The van der Waals surface area contributed by atoms with Gasteiger partial charge in [-0.3, -0.25) is 9.89 Å². The summed E-state index contributed by atoms with van der Waals surface area (Å²) in [6.07, 6.45) is 4.71. The molecule has 0 aromatic rings. The lowest BCUT2D eigenvalue weighted by molar-refractivity contribution is 0.298. The molecule has 2 heterocycles. The number of hydrogen-bond acceptors (Lipinski definition) is 4. The van der Waals surface area contributed by atoms with Crippen molar-refractivity contribution < 1.29 is 0 Å². The summed E-state index contributed by atoms with van der Waals surface area (Å²) >= 11 is 0. The van der Waals surface area contributed by atoms with Crippen LogP contribution >= 0.6 is 24.0 Å². The van der Waals surface area contributed by atoms with Crippen molar-refractivity contribution in [1.29, 1.82) is 0 Å². The summed E-state index contributed by atoms with van der Waals surface area (Å²) in [7, 11) is 0. The highest BCUT2D eigenvalue weighted by molar-refractivity contribution is 14.0. The van der Waals surface area contributed by atoms with E-state index in [-0.39, 0.29) is 24.0 Å². The highest BCUT2D eigenvalue weighted by Crippen LogP contribution is 2.08. The zero-order chi connectivity index (χ0) is 11.2. The van der Waals surface area contributed by atoms with Crippen LogP contribution in [0.3, 0.4) is 0 Å². The molecule has 0 radical (unpaired) electrons. The van der Waals surface area contributed by atoms with Crippen LogP contribution in [0.1, 0.15) is 19.8 Å². The lowest BCUT2D eigenvalue weighted by Gasteiger charge is -2.25. The second-order valence-electron chi connectivity index (χ2n) is 4.54. The average molecular weight is 350 g/mol. The topological polar surface area (TPSA) is 39.7 Å². The smallest absolute Gasteiger partial charge is 0.191 e. The van der Waals surface area contributed by atoms with Crippen molar-refractivity contribution >= 4 is 29.9 Å². The van der Waals surface area contributed by atoms with E-state index in [1.807, 2.05) is 0 Å². The molecule has 0 unspecified atom stereocenters. The molecule has 2 rings (SSSR count). The molecule has 98 valence electrons. The molecule has 0 amide bonds. The predicted molar refractivity (Wildman–Crippen MR) is 83.2 cm³/mol. The van der Waals surface area contributed by atoms with Crippen LogP contribution in [0.5, 0.6) is 0 Å². The summed E-state index contributed by atoms with van der Waals surface area (Å²) < 4.78 is 0. The molecule has 0 atom stereocenters. The molecule has 0 fully saturated rings. The van der Waals surface area contributed by atoms with E-state index in [0.717, 1.165) is 45.1 Å². The normalized spacial score (nSPS) is 20.8. The molecule has 0 aliphatic carbocycles. The van der Waals surface area contributed by atoms with E-state index < -0.39 is 0 Å². The zero-order valence-corrected chi connectivity index (χ0v) is 12.9. The largest absolute Gasteiger partial charge is 0.356 e. The molecule has 0 saturated carbocycles. The quantitative estimate of drug-likeness (QED) is 0.594. The van der Waals surface area contributed by atoms with Gasteiger partial charge in [-0.1, -0.05) is 11.6 Å². The van der Waals surface area contributed by atoms with E-state index in [1.54, 1.807) is 0 Å². The first kappa shape index (κ1) is 14.8. The second-order valence-corrected chi connectivity index (χ2v) is 4.54. The maximum absolute atomic E-state index is 4.39. The van der Waals surface area contributed by atoms with Gasteiger partial charge in [-0.05, 0) is 19.8 Å². The van der Waals surface area contributed by atoms with Crippen LogP contribution in [-0.4, -0.2) is 50.1 Å². The molecule has 0 saturated heterocycles. The average Bonchev–Trinajstić information content (AvgIpc) is 2.33. The van der Waals surface area contributed by atoms with Crippen molar-refractivity contribution in [2.24, 2.45) is 4.99 Å². The second kappa shape index (κ2) is 7.92. The number of nitrogens with one attached hydrogen (secondary N) is 2. The van der Waals surface area contributed by atoms with Crippen molar-refractivity contribution in [3.05, 3.63) is 11.6 Å². The third-order valence-corrected chi connectivity index (χ3v) is 3.14. The monoisotopic (exact) mass is 350 g/mol. The Balaban J connectivity index is 0.00000144. The van der Waals surface area contributed by atoms with Gasteiger partial charge in [-0.25, -0.2) is 0 Å². The number of hydrogen-bond donors (Lipinski definition) is 2. The number of aliphatic imine (C=N–C) groups is 1. The molecule has 2 aliphatic heterocycles. The Morgan fingerprint density at radius 3 is 3.06 bits per heavy atom. The number of nitrogens with zero attached hydrogens (tertiary/aromatic N) is 2. The zero-order valence-electron chi connectivity index (χ0n) is 10.5. The van der Waals surface area contributed by atoms with Gasteiger partial charge in [0.1, 0.15) is 0 Å². The van der Waals surface area contributed by atoms with Gasteiger partial charge < -0.3 is 10.6 Å². The van der Waals surface area contributed by atoms with Crippen LogP contribution in [0.25, 0.3) is 0 Å². The molecule has 2 N–H and O–H groups in total. The Kier molecular flexibility index (Phi) is 6.87. The van der Waals surface area contributed by atoms with Crippen molar-refractivity contribution in [2.75, 3.05) is 39.3 Å². The molecule has 0 bridgehead atoms. The lowest BCUT2D eigenvalue weighted by Crippen LogP contribution is -2.44. The van der Waals surface area contributed by atoms with Crippen LogP contribution in [0.15, 0.2) is 16.6 Å². The Labute approximate surface area is 121 Å². The maximum atomic E-state index is 4.39. The molecule has 5 heteroatoms. The van der Waals surface area contributed by atoms with Gasteiger partial charge in [0.15, 0.2) is 5.96 Å². The van der Waals surface area contributed by atoms with Crippen molar-refractivity contribution in [3.63, 3.8) is 0 Å². The Morgan fingerprint density at radius 2 is 2.41 bits per heavy atom. The highest BCUT2D eigenvalue weighted by atomic mass is 127. The first-order valence-corrected chi connectivity index (χ1v) is 6.25. The minimum atomic E-state index is 0. The molecule has 17 heavy (non-hydrogen) atoms. The first-order chi connectivity index (χ1) is 7.84. The fraction of sp³-hybridized carbons (Fsp3) is 0.750.